The highest BCUT2D eigenvalue weighted by Gasteiger charge is 2.52. The first-order chi connectivity index (χ1) is 11.7. The topological polar surface area (TPSA) is 45.7 Å². The number of hydrogen-bond acceptors (Lipinski definition) is 4. The molecule has 1 amide bonds. The molecule has 4 rings (SSSR count). The molecule has 5 heteroatoms. The lowest BCUT2D eigenvalue weighted by Crippen LogP contribution is -2.45. The number of fused-ring (bicyclic) bond motifs is 1. The number of aromatic nitrogens is 1. The second kappa shape index (κ2) is 6.45. The van der Waals surface area contributed by atoms with Gasteiger partial charge >= 0.3 is 0 Å². The van der Waals surface area contributed by atoms with Gasteiger partial charge in [-0.05, 0) is 45.0 Å². The largest absolute Gasteiger partial charge is 0.380 e. The van der Waals surface area contributed by atoms with Crippen LogP contribution in [-0.2, 0) is 4.74 Å². The van der Waals surface area contributed by atoms with E-state index in [0.717, 1.165) is 38.5 Å². The van der Waals surface area contributed by atoms with E-state index in [4.69, 9.17) is 4.74 Å². The lowest BCUT2D eigenvalue weighted by atomic mass is 9.80. The fourth-order valence-corrected chi connectivity index (χ4v) is 4.55. The van der Waals surface area contributed by atoms with Crippen molar-refractivity contribution in [1.82, 2.24) is 14.8 Å². The number of ether oxygens (including phenoxy) is 1. The van der Waals surface area contributed by atoms with E-state index >= 15 is 0 Å². The van der Waals surface area contributed by atoms with Crippen molar-refractivity contribution >= 4 is 5.91 Å². The minimum Gasteiger partial charge on any atom is -0.380 e. The SMILES string of the molecule is Cc1ccc(C(=O)N2C[C@@H]3COC[C@]3(CN3CCCCC3)C2)cn1. The summed E-state index contributed by atoms with van der Waals surface area (Å²) in [5.74, 6) is 0.594. The van der Waals surface area contributed by atoms with Gasteiger partial charge in [-0.3, -0.25) is 9.78 Å². The van der Waals surface area contributed by atoms with Crippen LogP contribution in [0.4, 0.5) is 0 Å². The summed E-state index contributed by atoms with van der Waals surface area (Å²) in [7, 11) is 0. The predicted molar refractivity (Wildman–Crippen MR) is 91.9 cm³/mol. The predicted octanol–water partition coefficient (Wildman–Crippen LogP) is 1.96. The minimum absolute atomic E-state index is 0.120. The monoisotopic (exact) mass is 329 g/mol. The number of nitrogens with zero attached hydrogens (tertiary/aromatic N) is 3. The lowest BCUT2D eigenvalue weighted by Gasteiger charge is -2.36. The summed E-state index contributed by atoms with van der Waals surface area (Å²) in [4.78, 5) is 21.8. The molecular weight excluding hydrogens is 302 g/mol. The molecule has 0 N–H and O–H groups in total. The average molecular weight is 329 g/mol. The van der Waals surface area contributed by atoms with E-state index in [1.54, 1.807) is 6.20 Å². The number of carbonyl (C=O) groups is 1. The molecule has 1 aromatic rings. The number of piperidine rings is 1. The van der Waals surface area contributed by atoms with Gasteiger partial charge in [0.15, 0.2) is 0 Å². The second-order valence-electron chi connectivity index (χ2n) is 7.79. The van der Waals surface area contributed by atoms with E-state index in [2.05, 4.69) is 9.88 Å². The van der Waals surface area contributed by atoms with Gasteiger partial charge in [0, 0.05) is 42.9 Å². The van der Waals surface area contributed by atoms with E-state index in [-0.39, 0.29) is 11.3 Å². The Kier molecular flexibility index (Phi) is 4.31. The van der Waals surface area contributed by atoms with Crippen LogP contribution in [0.1, 0.15) is 35.3 Å². The van der Waals surface area contributed by atoms with Crippen LogP contribution in [0.2, 0.25) is 0 Å². The maximum absolute atomic E-state index is 12.9. The third-order valence-corrected chi connectivity index (χ3v) is 5.95. The second-order valence-corrected chi connectivity index (χ2v) is 7.79. The van der Waals surface area contributed by atoms with Crippen molar-refractivity contribution in [2.75, 3.05) is 45.9 Å². The fourth-order valence-electron chi connectivity index (χ4n) is 4.55. The van der Waals surface area contributed by atoms with Gasteiger partial charge in [0.25, 0.3) is 5.91 Å². The van der Waals surface area contributed by atoms with Crippen molar-refractivity contribution in [1.29, 1.82) is 0 Å². The number of aryl methyl sites for hydroxylation is 1. The van der Waals surface area contributed by atoms with Crippen LogP contribution in [0, 0.1) is 18.3 Å². The molecule has 3 saturated heterocycles. The summed E-state index contributed by atoms with van der Waals surface area (Å²) in [5, 5.41) is 0. The average Bonchev–Trinajstić information content (AvgIpc) is 3.12. The first-order valence-electron chi connectivity index (χ1n) is 9.18. The van der Waals surface area contributed by atoms with Gasteiger partial charge in [-0.2, -0.15) is 0 Å². The first-order valence-corrected chi connectivity index (χ1v) is 9.18. The molecule has 0 spiro atoms. The van der Waals surface area contributed by atoms with Crippen LogP contribution < -0.4 is 0 Å². The van der Waals surface area contributed by atoms with Gasteiger partial charge in [0.1, 0.15) is 0 Å². The van der Waals surface area contributed by atoms with E-state index in [0.29, 0.717) is 11.5 Å². The molecule has 3 aliphatic heterocycles. The summed E-state index contributed by atoms with van der Waals surface area (Å²) in [6.45, 7) is 8.65. The number of rotatable bonds is 3. The van der Waals surface area contributed by atoms with Crippen molar-refractivity contribution in [2.24, 2.45) is 11.3 Å². The van der Waals surface area contributed by atoms with Gasteiger partial charge in [0.2, 0.25) is 0 Å². The standard InChI is InChI=1S/C19H27N3O2/c1-15-5-6-16(9-20-15)18(23)22-10-17-11-24-14-19(17,13-22)12-21-7-3-2-4-8-21/h5-6,9,17H,2-4,7-8,10-14H2,1H3/t17-,19+/m1/s1. The summed E-state index contributed by atoms with van der Waals surface area (Å²) in [6.07, 6.45) is 5.67. The summed E-state index contributed by atoms with van der Waals surface area (Å²) < 4.78 is 5.83. The molecular formula is C19H27N3O2. The number of hydrogen-bond donors (Lipinski definition) is 0. The van der Waals surface area contributed by atoms with Crippen molar-refractivity contribution in [2.45, 2.75) is 26.2 Å². The zero-order valence-corrected chi connectivity index (χ0v) is 14.5. The third-order valence-electron chi connectivity index (χ3n) is 5.95. The van der Waals surface area contributed by atoms with Crippen molar-refractivity contribution < 1.29 is 9.53 Å². The molecule has 4 heterocycles. The minimum atomic E-state index is 0.120. The highest BCUT2D eigenvalue weighted by atomic mass is 16.5. The number of carbonyl (C=O) groups excluding carboxylic acids is 1. The zero-order valence-electron chi connectivity index (χ0n) is 14.5. The maximum atomic E-state index is 12.9. The molecule has 5 nitrogen and oxygen atoms in total. The van der Waals surface area contributed by atoms with Crippen LogP contribution in [0.25, 0.3) is 0 Å². The Labute approximate surface area is 144 Å². The Morgan fingerprint density at radius 2 is 2.17 bits per heavy atom. The Bertz CT molecular complexity index is 597. The number of amides is 1. The van der Waals surface area contributed by atoms with Crippen LogP contribution in [0.3, 0.4) is 0 Å². The van der Waals surface area contributed by atoms with Gasteiger partial charge < -0.3 is 14.5 Å². The highest BCUT2D eigenvalue weighted by Crippen LogP contribution is 2.42. The number of pyridine rings is 1. The van der Waals surface area contributed by atoms with Crippen LogP contribution in [-0.4, -0.2) is 66.6 Å². The summed E-state index contributed by atoms with van der Waals surface area (Å²) in [6, 6.07) is 3.81. The van der Waals surface area contributed by atoms with Crippen LogP contribution in [0.5, 0.6) is 0 Å². The molecule has 0 saturated carbocycles. The fraction of sp³-hybridized carbons (Fsp3) is 0.684. The molecule has 130 valence electrons. The molecule has 0 aliphatic carbocycles. The quantitative estimate of drug-likeness (QED) is 0.850. The van der Waals surface area contributed by atoms with Crippen molar-refractivity contribution in [3.8, 4) is 0 Å². The Hall–Kier alpha value is -1.46. The highest BCUT2D eigenvalue weighted by molar-refractivity contribution is 5.94. The van der Waals surface area contributed by atoms with Crippen molar-refractivity contribution in [3.05, 3.63) is 29.6 Å². The lowest BCUT2D eigenvalue weighted by molar-refractivity contribution is 0.0654. The Morgan fingerprint density at radius 1 is 1.33 bits per heavy atom. The van der Waals surface area contributed by atoms with Gasteiger partial charge in [-0.15, -0.1) is 0 Å². The van der Waals surface area contributed by atoms with E-state index in [1.807, 2.05) is 24.0 Å². The van der Waals surface area contributed by atoms with E-state index < -0.39 is 0 Å². The molecule has 0 radical (unpaired) electrons. The molecule has 3 aliphatic rings. The molecule has 0 bridgehead atoms. The van der Waals surface area contributed by atoms with Crippen molar-refractivity contribution in [3.63, 3.8) is 0 Å². The first kappa shape index (κ1) is 16.0. The van der Waals surface area contributed by atoms with Crippen LogP contribution >= 0.6 is 0 Å². The molecule has 24 heavy (non-hydrogen) atoms. The number of likely N-dealkylation sites (tertiary alicyclic amines) is 2. The van der Waals surface area contributed by atoms with Gasteiger partial charge in [0.05, 0.1) is 18.8 Å². The van der Waals surface area contributed by atoms with Gasteiger partial charge in [-0.1, -0.05) is 6.42 Å². The molecule has 3 fully saturated rings. The summed E-state index contributed by atoms with van der Waals surface area (Å²) >= 11 is 0. The molecule has 1 aromatic heterocycles. The Morgan fingerprint density at radius 3 is 2.92 bits per heavy atom. The zero-order chi connectivity index (χ0) is 16.6. The van der Waals surface area contributed by atoms with E-state index in [1.165, 1.54) is 32.4 Å². The molecule has 0 aromatic carbocycles. The Balaban J connectivity index is 1.48. The normalized spacial score (nSPS) is 30.5. The smallest absolute Gasteiger partial charge is 0.255 e. The molecule has 2 atom stereocenters. The summed E-state index contributed by atoms with van der Waals surface area (Å²) in [5.41, 5.74) is 1.78. The van der Waals surface area contributed by atoms with Crippen LogP contribution in [0.15, 0.2) is 18.3 Å². The third kappa shape index (κ3) is 2.95. The van der Waals surface area contributed by atoms with Gasteiger partial charge in [-0.25, -0.2) is 0 Å². The van der Waals surface area contributed by atoms with E-state index in [9.17, 15) is 4.79 Å². The molecule has 0 unspecified atom stereocenters. The maximum Gasteiger partial charge on any atom is 0.255 e.